The minimum absolute atomic E-state index is 0.491. The first-order chi connectivity index (χ1) is 8.15. The standard InChI is InChI=1S/C15H32N2/c1-5-8-11-17(4)13-15(6-2,7-3)12-16-14-9-10-14/h14,16H,5-13H2,1-4H3. The summed E-state index contributed by atoms with van der Waals surface area (Å²) in [4.78, 5) is 2.53. The Kier molecular flexibility index (Phi) is 6.50. The smallest absolute Gasteiger partial charge is 0.00684 e. The van der Waals surface area contributed by atoms with Crippen molar-refractivity contribution in [2.45, 2.75) is 65.3 Å². The molecule has 1 aliphatic carbocycles. The molecule has 0 saturated heterocycles. The fourth-order valence-electron chi connectivity index (χ4n) is 2.51. The lowest BCUT2D eigenvalue weighted by molar-refractivity contribution is 0.153. The summed E-state index contributed by atoms with van der Waals surface area (Å²) in [6.45, 7) is 10.7. The normalized spacial score (nSPS) is 16.8. The fourth-order valence-corrected chi connectivity index (χ4v) is 2.51. The van der Waals surface area contributed by atoms with Crippen LogP contribution in [-0.4, -0.2) is 37.6 Å². The summed E-state index contributed by atoms with van der Waals surface area (Å²) in [5, 5.41) is 3.73. The molecule has 0 aromatic rings. The number of rotatable bonds is 10. The van der Waals surface area contributed by atoms with Crippen LogP contribution in [0.2, 0.25) is 0 Å². The molecule has 0 bridgehead atoms. The monoisotopic (exact) mass is 240 g/mol. The topological polar surface area (TPSA) is 15.3 Å². The van der Waals surface area contributed by atoms with Crippen LogP contribution in [0.1, 0.15) is 59.3 Å². The van der Waals surface area contributed by atoms with Crippen LogP contribution >= 0.6 is 0 Å². The summed E-state index contributed by atoms with van der Waals surface area (Å²) >= 11 is 0. The van der Waals surface area contributed by atoms with Gasteiger partial charge in [-0.25, -0.2) is 0 Å². The molecule has 0 amide bonds. The van der Waals surface area contributed by atoms with Crippen LogP contribution in [0.4, 0.5) is 0 Å². The van der Waals surface area contributed by atoms with Crippen LogP contribution < -0.4 is 5.32 Å². The summed E-state index contributed by atoms with van der Waals surface area (Å²) in [5.74, 6) is 0. The highest BCUT2D eigenvalue weighted by Crippen LogP contribution is 2.29. The molecule has 2 heteroatoms. The molecule has 0 aromatic carbocycles. The zero-order valence-electron chi connectivity index (χ0n) is 12.4. The van der Waals surface area contributed by atoms with Gasteiger partial charge in [0.2, 0.25) is 0 Å². The van der Waals surface area contributed by atoms with Crippen molar-refractivity contribution in [2.75, 3.05) is 26.7 Å². The lowest BCUT2D eigenvalue weighted by atomic mass is 9.81. The van der Waals surface area contributed by atoms with Crippen LogP contribution in [0.3, 0.4) is 0 Å². The van der Waals surface area contributed by atoms with E-state index in [0.29, 0.717) is 5.41 Å². The van der Waals surface area contributed by atoms with Crippen molar-refractivity contribution in [1.82, 2.24) is 10.2 Å². The molecular formula is C15H32N2. The van der Waals surface area contributed by atoms with E-state index in [1.165, 1.54) is 58.2 Å². The molecule has 0 aromatic heterocycles. The van der Waals surface area contributed by atoms with E-state index < -0.39 is 0 Å². The van der Waals surface area contributed by atoms with Gasteiger partial charge in [-0.2, -0.15) is 0 Å². The highest BCUT2D eigenvalue weighted by atomic mass is 15.1. The second-order valence-corrected chi connectivity index (χ2v) is 5.95. The molecule has 0 aliphatic heterocycles. The maximum Gasteiger partial charge on any atom is 0.00684 e. The van der Waals surface area contributed by atoms with Gasteiger partial charge >= 0.3 is 0 Å². The summed E-state index contributed by atoms with van der Waals surface area (Å²) in [7, 11) is 2.28. The molecule has 0 atom stereocenters. The molecule has 2 nitrogen and oxygen atoms in total. The van der Waals surface area contributed by atoms with Gasteiger partial charge in [-0.05, 0) is 51.1 Å². The van der Waals surface area contributed by atoms with Gasteiger partial charge in [0.15, 0.2) is 0 Å². The molecule has 1 saturated carbocycles. The van der Waals surface area contributed by atoms with Gasteiger partial charge in [-0.15, -0.1) is 0 Å². The summed E-state index contributed by atoms with van der Waals surface area (Å²) in [6.07, 6.45) is 8.01. The highest BCUT2D eigenvalue weighted by Gasteiger charge is 2.30. The lowest BCUT2D eigenvalue weighted by Gasteiger charge is -2.36. The molecule has 0 spiro atoms. The van der Waals surface area contributed by atoms with Gasteiger partial charge in [0, 0.05) is 19.1 Å². The second-order valence-electron chi connectivity index (χ2n) is 5.95. The molecule has 0 heterocycles. The Morgan fingerprint density at radius 2 is 1.82 bits per heavy atom. The Morgan fingerprint density at radius 3 is 2.29 bits per heavy atom. The van der Waals surface area contributed by atoms with E-state index in [1.807, 2.05) is 0 Å². The Hall–Kier alpha value is -0.0800. The molecule has 1 N–H and O–H groups in total. The Balaban J connectivity index is 2.37. The van der Waals surface area contributed by atoms with E-state index in [-0.39, 0.29) is 0 Å². The number of nitrogens with one attached hydrogen (secondary N) is 1. The van der Waals surface area contributed by atoms with Crippen molar-refractivity contribution >= 4 is 0 Å². The van der Waals surface area contributed by atoms with E-state index in [0.717, 1.165) is 6.04 Å². The zero-order chi connectivity index (χ0) is 12.7. The third-order valence-corrected chi connectivity index (χ3v) is 4.34. The lowest BCUT2D eigenvalue weighted by Crippen LogP contribution is -2.43. The number of hydrogen-bond acceptors (Lipinski definition) is 2. The largest absolute Gasteiger partial charge is 0.313 e. The van der Waals surface area contributed by atoms with E-state index >= 15 is 0 Å². The minimum Gasteiger partial charge on any atom is -0.313 e. The third kappa shape index (κ3) is 5.39. The number of unbranched alkanes of at least 4 members (excludes halogenated alkanes) is 1. The molecule has 102 valence electrons. The first-order valence-electron chi connectivity index (χ1n) is 7.57. The molecule has 0 radical (unpaired) electrons. The summed E-state index contributed by atoms with van der Waals surface area (Å²) < 4.78 is 0. The van der Waals surface area contributed by atoms with Crippen molar-refractivity contribution < 1.29 is 0 Å². The van der Waals surface area contributed by atoms with Gasteiger partial charge in [0.1, 0.15) is 0 Å². The second kappa shape index (κ2) is 7.38. The van der Waals surface area contributed by atoms with E-state index in [1.54, 1.807) is 0 Å². The molecule has 1 aliphatic rings. The Bertz CT molecular complexity index is 195. The van der Waals surface area contributed by atoms with Crippen molar-refractivity contribution in [2.24, 2.45) is 5.41 Å². The van der Waals surface area contributed by atoms with Gasteiger partial charge in [-0.3, -0.25) is 0 Å². The van der Waals surface area contributed by atoms with Crippen LogP contribution in [0.5, 0.6) is 0 Å². The first kappa shape index (κ1) is 15.0. The predicted octanol–water partition coefficient (Wildman–Crippen LogP) is 3.28. The maximum atomic E-state index is 3.73. The van der Waals surface area contributed by atoms with Crippen molar-refractivity contribution in [3.63, 3.8) is 0 Å². The van der Waals surface area contributed by atoms with Crippen LogP contribution in [0, 0.1) is 5.41 Å². The first-order valence-corrected chi connectivity index (χ1v) is 7.57. The van der Waals surface area contributed by atoms with Gasteiger partial charge in [-0.1, -0.05) is 27.2 Å². The Labute approximate surface area is 108 Å². The Morgan fingerprint density at radius 1 is 1.18 bits per heavy atom. The van der Waals surface area contributed by atoms with E-state index in [4.69, 9.17) is 0 Å². The minimum atomic E-state index is 0.491. The van der Waals surface area contributed by atoms with Gasteiger partial charge in [0.25, 0.3) is 0 Å². The van der Waals surface area contributed by atoms with Gasteiger partial charge in [0.05, 0.1) is 0 Å². The average Bonchev–Trinajstić information content (AvgIpc) is 3.16. The molecule has 1 rings (SSSR count). The van der Waals surface area contributed by atoms with Gasteiger partial charge < -0.3 is 10.2 Å². The summed E-state index contributed by atoms with van der Waals surface area (Å²) in [5.41, 5.74) is 0.491. The van der Waals surface area contributed by atoms with Crippen molar-refractivity contribution in [3.8, 4) is 0 Å². The fraction of sp³-hybridized carbons (Fsp3) is 1.00. The quantitative estimate of drug-likeness (QED) is 0.630. The van der Waals surface area contributed by atoms with Crippen LogP contribution in [0.25, 0.3) is 0 Å². The SMILES string of the molecule is CCCCN(C)CC(CC)(CC)CNC1CC1. The molecule has 1 fully saturated rings. The van der Waals surface area contributed by atoms with E-state index in [2.05, 4.69) is 38.0 Å². The summed E-state index contributed by atoms with van der Waals surface area (Å²) in [6, 6.07) is 0.841. The third-order valence-electron chi connectivity index (χ3n) is 4.34. The van der Waals surface area contributed by atoms with E-state index in [9.17, 15) is 0 Å². The average molecular weight is 240 g/mol. The van der Waals surface area contributed by atoms with Crippen molar-refractivity contribution in [3.05, 3.63) is 0 Å². The maximum absolute atomic E-state index is 3.73. The zero-order valence-corrected chi connectivity index (χ0v) is 12.4. The predicted molar refractivity (Wildman–Crippen MR) is 76.4 cm³/mol. The number of nitrogens with zero attached hydrogens (tertiary/aromatic N) is 1. The van der Waals surface area contributed by atoms with Crippen LogP contribution in [0.15, 0.2) is 0 Å². The molecule has 0 unspecified atom stereocenters. The van der Waals surface area contributed by atoms with Crippen molar-refractivity contribution in [1.29, 1.82) is 0 Å². The number of hydrogen-bond donors (Lipinski definition) is 1. The highest BCUT2D eigenvalue weighted by molar-refractivity contribution is 4.88. The molecular weight excluding hydrogens is 208 g/mol. The molecule has 17 heavy (non-hydrogen) atoms. The van der Waals surface area contributed by atoms with Crippen LogP contribution in [-0.2, 0) is 0 Å².